The number of nitrogens with zero attached hydrogens (tertiary/aromatic N) is 4. The first-order chi connectivity index (χ1) is 33.3. The Morgan fingerprint density at radius 1 is 0.333 bits per heavy atom. The molecule has 0 heterocycles. The molecule has 2 N–H and O–H groups in total. The van der Waals surface area contributed by atoms with Gasteiger partial charge >= 0.3 is 0 Å². The molecule has 0 aliphatic rings. The zero-order chi connectivity index (χ0) is 51.3. The van der Waals surface area contributed by atoms with E-state index in [0.717, 1.165) is 83.7 Å². The molecule has 0 aromatic rings. The van der Waals surface area contributed by atoms with Crippen LogP contribution in [0.5, 0.6) is 0 Å². The predicted octanol–water partition coefficient (Wildman–Crippen LogP) is 13.7. The molecule has 0 aromatic carbocycles. The molecule has 408 valence electrons. The Kier molecular flexibility index (Phi) is 45.4. The van der Waals surface area contributed by atoms with Gasteiger partial charge in [-0.2, -0.15) is 0 Å². The molecule has 2 unspecified atom stereocenters. The van der Waals surface area contributed by atoms with Crippen LogP contribution < -0.4 is 10.6 Å². The zero-order valence-electron chi connectivity index (χ0n) is 47.7. The van der Waals surface area contributed by atoms with Crippen LogP contribution in [0.15, 0.2) is 0 Å². The fraction of sp³-hybridized carbons (Fsp3) is 0.932. The lowest BCUT2D eigenvalue weighted by atomic mass is 9.99. The average molecular weight is 976 g/mol. The van der Waals surface area contributed by atoms with Crippen molar-refractivity contribution in [2.75, 3.05) is 67.5 Å². The van der Waals surface area contributed by atoms with Crippen LogP contribution in [0.1, 0.15) is 266 Å². The second kappa shape index (κ2) is 46.8. The monoisotopic (exact) mass is 975 g/mol. The van der Waals surface area contributed by atoms with Crippen molar-refractivity contribution >= 4 is 23.6 Å². The van der Waals surface area contributed by atoms with Crippen molar-refractivity contribution in [2.45, 2.75) is 278 Å². The van der Waals surface area contributed by atoms with Crippen LogP contribution in [0, 0.1) is 11.8 Å². The van der Waals surface area contributed by atoms with E-state index in [4.69, 9.17) is 0 Å². The summed E-state index contributed by atoms with van der Waals surface area (Å²) in [6, 6.07) is -0.920. The van der Waals surface area contributed by atoms with E-state index in [1.807, 2.05) is 9.80 Å². The minimum Gasteiger partial charge on any atom is -0.354 e. The van der Waals surface area contributed by atoms with Gasteiger partial charge in [0.2, 0.25) is 23.6 Å². The minimum absolute atomic E-state index is 0.0257. The summed E-state index contributed by atoms with van der Waals surface area (Å²) in [5, 5.41) is 6.39. The summed E-state index contributed by atoms with van der Waals surface area (Å²) in [6.07, 6.45) is 40.7. The molecule has 0 saturated heterocycles. The highest BCUT2D eigenvalue weighted by molar-refractivity contribution is 5.88. The number of hydrogen-bond acceptors (Lipinski definition) is 6. The second-order valence-corrected chi connectivity index (χ2v) is 22.2. The minimum atomic E-state index is -0.460. The third-order valence-corrected chi connectivity index (χ3v) is 14.1. The predicted molar refractivity (Wildman–Crippen MR) is 297 cm³/mol. The van der Waals surface area contributed by atoms with Gasteiger partial charge in [-0.15, -0.1) is 0 Å². The van der Waals surface area contributed by atoms with Gasteiger partial charge in [0.1, 0.15) is 12.1 Å². The molecule has 0 bridgehead atoms. The van der Waals surface area contributed by atoms with E-state index >= 15 is 0 Å². The third kappa shape index (κ3) is 38.1. The highest BCUT2D eigenvalue weighted by Gasteiger charge is 2.33. The molecule has 0 rings (SSSR count). The molecular formula is C59H118N6O4. The first-order valence-electron chi connectivity index (χ1n) is 29.7. The Labute approximate surface area is 429 Å². The largest absolute Gasteiger partial charge is 0.354 e. The van der Waals surface area contributed by atoms with Gasteiger partial charge in [0, 0.05) is 39.0 Å². The van der Waals surface area contributed by atoms with Crippen LogP contribution in [0.4, 0.5) is 0 Å². The Balaban J connectivity index is 4.81. The van der Waals surface area contributed by atoms with Gasteiger partial charge in [-0.1, -0.05) is 215 Å². The highest BCUT2D eigenvalue weighted by atomic mass is 16.2. The lowest BCUT2D eigenvalue weighted by Gasteiger charge is -2.34. The first kappa shape index (κ1) is 66.8. The molecule has 2 atom stereocenters. The molecule has 0 spiro atoms. The molecule has 4 amide bonds. The lowest BCUT2D eigenvalue weighted by Crippen LogP contribution is -2.53. The van der Waals surface area contributed by atoms with Crippen LogP contribution in [0.25, 0.3) is 0 Å². The summed E-state index contributed by atoms with van der Waals surface area (Å²) >= 11 is 0. The van der Waals surface area contributed by atoms with Gasteiger partial charge in [-0.25, -0.2) is 0 Å². The van der Waals surface area contributed by atoms with Gasteiger partial charge in [0.05, 0.1) is 0 Å². The fourth-order valence-electron chi connectivity index (χ4n) is 9.85. The summed E-state index contributed by atoms with van der Waals surface area (Å²) in [5.41, 5.74) is 0. The number of carbonyl (C=O) groups excluding carboxylic acids is 4. The molecule has 0 aromatic heterocycles. The van der Waals surface area contributed by atoms with Crippen LogP contribution in [0.3, 0.4) is 0 Å². The second-order valence-electron chi connectivity index (χ2n) is 22.2. The van der Waals surface area contributed by atoms with E-state index in [1.54, 1.807) is 0 Å². The number of nitrogens with one attached hydrogen (secondary N) is 2. The van der Waals surface area contributed by atoms with Crippen molar-refractivity contribution in [3.05, 3.63) is 0 Å². The van der Waals surface area contributed by atoms with Crippen LogP contribution in [0.2, 0.25) is 0 Å². The first-order valence-corrected chi connectivity index (χ1v) is 29.7. The van der Waals surface area contributed by atoms with Crippen molar-refractivity contribution in [1.29, 1.82) is 0 Å². The van der Waals surface area contributed by atoms with E-state index in [1.165, 1.54) is 141 Å². The Morgan fingerprint density at radius 2 is 0.580 bits per heavy atom. The Bertz CT molecular complexity index is 1120. The van der Waals surface area contributed by atoms with Crippen LogP contribution >= 0.6 is 0 Å². The fourth-order valence-corrected chi connectivity index (χ4v) is 9.85. The summed E-state index contributed by atoms with van der Waals surface area (Å²) in [5.74, 6) is 0.219. The van der Waals surface area contributed by atoms with E-state index in [9.17, 15) is 19.2 Å². The topological polar surface area (TPSA) is 105 Å². The molecule has 0 aliphatic carbocycles. The normalized spacial score (nSPS) is 12.6. The van der Waals surface area contributed by atoms with Gasteiger partial charge < -0.3 is 30.2 Å². The van der Waals surface area contributed by atoms with E-state index in [-0.39, 0.29) is 35.5 Å². The smallest absolute Gasteiger partial charge is 0.243 e. The number of hydrogen-bond donors (Lipinski definition) is 2. The third-order valence-electron chi connectivity index (χ3n) is 14.1. The van der Waals surface area contributed by atoms with Crippen molar-refractivity contribution in [3.63, 3.8) is 0 Å². The maximum atomic E-state index is 13.7. The van der Waals surface area contributed by atoms with E-state index in [2.05, 4.69) is 90.2 Å². The van der Waals surface area contributed by atoms with Gasteiger partial charge in [-0.05, 0) is 91.6 Å². The van der Waals surface area contributed by atoms with E-state index < -0.39 is 12.1 Å². The number of unbranched alkanes of at least 4 members (excludes halogenated alkanes) is 28. The molecule has 0 aliphatic heterocycles. The SMILES string of the molecule is CCCCCCCCCCCCCCCC(=O)N(CCCN(C)C)C(C(=O)NCCCCCCCNC(=O)C(C(C)C)N(CCCN(C)C)C(=O)CCCCCCCCCCCCCCC)C(C)C. The maximum absolute atomic E-state index is 13.7. The summed E-state index contributed by atoms with van der Waals surface area (Å²) in [4.78, 5) is 62.9. The number of rotatable bonds is 50. The van der Waals surface area contributed by atoms with Gasteiger partial charge in [-0.3, -0.25) is 19.2 Å². The summed E-state index contributed by atoms with van der Waals surface area (Å²) < 4.78 is 0. The van der Waals surface area contributed by atoms with Crippen LogP contribution in [-0.2, 0) is 19.2 Å². The molecule has 69 heavy (non-hydrogen) atoms. The molecule has 10 heteroatoms. The molecule has 0 fully saturated rings. The van der Waals surface area contributed by atoms with Crippen molar-refractivity contribution < 1.29 is 19.2 Å². The van der Waals surface area contributed by atoms with Gasteiger partial charge in [0.25, 0.3) is 0 Å². The molecular weight excluding hydrogens is 857 g/mol. The van der Waals surface area contributed by atoms with E-state index in [0.29, 0.717) is 39.0 Å². The molecule has 0 saturated carbocycles. The molecule has 0 radical (unpaired) electrons. The summed E-state index contributed by atoms with van der Waals surface area (Å²) in [7, 11) is 8.22. The number of amides is 4. The maximum Gasteiger partial charge on any atom is 0.243 e. The average Bonchev–Trinajstić information content (AvgIpc) is 3.30. The number of carbonyl (C=O) groups is 4. The zero-order valence-corrected chi connectivity index (χ0v) is 47.7. The van der Waals surface area contributed by atoms with Crippen molar-refractivity contribution in [2.24, 2.45) is 11.8 Å². The summed E-state index contributed by atoms with van der Waals surface area (Å²) in [6.45, 7) is 17.0. The van der Waals surface area contributed by atoms with Crippen molar-refractivity contribution in [1.82, 2.24) is 30.2 Å². The molecule has 10 nitrogen and oxygen atoms in total. The highest BCUT2D eigenvalue weighted by Crippen LogP contribution is 2.20. The standard InChI is InChI=1S/C59H118N6O4/c1-11-13-15-17-19-21-23-25-27-29-31-34-38-44-54(66)64(50-42-48-62(7)8)56(52(3)4)58(68)60-46-40-36-33-37-41-47-61-59(69)57(53(5)6)65(51-43-49-63(9)10)55(67)45-39-35-32-30-28-26-24-22-20-18-16-14-12-2/h52-53,56-57H,11-51H2,1-10H3,(H,60,68)(H,61,69). The quantitative estimate of drug-likeness (QED) is 0.0589. The van der Waals surface area contributed by atoms with Gasteiger partial charge in [0.15, 0.2) is 0 Å². The van der Waals surface area contributed by atoms with Crippen LogP contribution in [-0.4, -0.2) is 123 Å². The van der Waals surface area contributed by atoms with Crippen molar-refractivity contribution in [3.8, 4) is 0 Å². The lowest BCUT2D eigenvalue weighted by molar-refractivity contribution is -0.142. The Morgan fingerprint density at radius 3 is 0.826 bits per heavy atom. The Hall–Kier alpha value is -2.20.